The third-order valence-electron chi connectivity index (χ3n) is 7.28. The van der Waals surface area contributed by atoms with Crippen LogP contribution in [-0.4, -0.2) is 53.7 Å². The number of carbonyl (C=O) groups excluding carboxylic acids is 2. The van der Waals surface area contributed by atoms with Crippen molar-refractivity contribution in [2.24, 2.45) is 5.92 Å². The maximum atomic E-state index is 12.9. The predicted octanol–water partition coefficient (Wildman–Crippen LogP) is 4.80. The number of benzene rings is 2. The Labute approximate surface area is 206 Å². The Hall–Kier alpha value is -3.35. The fourth-order valence-electron chi connectivity index (χ4n) is 5.34. The highest BCUT2D eigenvalue weighted by Crippen LogP contribution is 2.44. The quantitative estimate of drug-likeness (QED) is 0.540. The molecule has 2 amide bonds. The van der Waals surface area contributed by atoms with Crippen LogP contribution in [0.2, 0.25) is 0 Å². The molecule has 7 nitrogen and oxygen atoms in total. The molecule has 0 saturated carbocycles. The van der Waals surface area contributed by atoms with E-state index in [2.05, 4.69) is 29.6 Å². The molecule has 2 atom stereocenters. The van der Waals surface area contributed by atoms with Crippen LogP contribution < -0.4 is 5.32 Å². The molecular formula is C28H34N2O5. The molecule has 186 valence electrons. The first-order chi connectivity index (χ1) is 17.0. The average molecular weight is 479 g/mol. The second-order valence-corrected chi connectivity index (χ2v) is 9.52. The normalized spacial score (nSPS) is 17.9. The van der Waals surface area contributed by atoms with Gasteiger partial charge >= 0.3 is 12.1 Å². The summed E-state index contributed by atoms with van der Waals surface area (Å²) in [6.07, 6.45) is 3.09. The molecule has 4 rings (SSSR count). The van der Waals surface area contributed by atoms with E-state index in [1.165, 1.54) is 11.1 Å². The Balaban J connectivity index is 1.29. The number of aliphatic carboxylic acids is 1. The van der Waals surface area contributed by atoms with Gasteiger partial charge in [0.2, 0.25) is 5.91 Å². The zero-order valence-electron chi connectivity index (χ0n) is 20.2. The molecule has 1 saturated heterocycles. The lowest BCUT2D eigenvalue weighted by atomic mass is 9.96. The van der Waals surface area contributed by atoms with Crippen LogP contribution in [0.4, 0.5) is 4.79 Å². The minimum absolute atomic E-state index is 0.00182. The van der Waals surface area contributed by atoms with Crippen molar-refractivity contribution in [3.05, 3.63) is 59.7 Å². The molecular weight excluding hydrogens is 444 g/mol. The number of likely N-dealkylation sites (tertiary alicyclic amines) is 1. The van der Waals surface area contributed by atoms with Gasteiger partial charge < -0.3 is 20.1 Å². The number of hydrogen-bond donors (Lipinski definition) is 2. The number of alkyl carbamates (subject to hydrolysis) is 1. The van der Waals surface area contributed by atoms with Gasteiger partial charge in [-0.05, 0) is 47.4 Å². The molecule has 0 radical (unpaired) electrons. The molecule has 35 heavy (non-hydrogen) atoms. The molecule has 2 aliphatic rings. The van der Waals surface area contributed by atoms with Crippen LogP contribution in [0.1, 0.15) is 62.5 Å². The number of nitrogens with one attached hydrogen (secondary N) is 1. The number of nitrogens with zero attached hydrogens (tertiary/aromatic N) is 1. The minimum Gasteiger partial charge on any atom is -0.481 e. The molecule has 7 heteroatoms. The largest absolute Gasteiger partial charge is 0.481 e. The lowest BCUT2D eigenvalue weighted by molar-refractivity contribution is -0.142. The Bertz CT molecular complexity index is 1020. The smallest absolute Gasteiger partial charge is 0.407 e. The van der Waals surface area contributed by atoms with Gasteiger partial charge in [0, 0.05) is 31.5 Å². The maximum Gasteiger partial charge on any atom is 0.407 e. The standard InChI is InChI=1S/C28H34N2O5/c1-2-19(15-26(31)30-14-8-7-9-20(30)16-27(32)33)17-29-28(34)35-18-25-23-12-5-3-10-21(23)22-11-4-6-13-24(22)25/h3-6,10-13,19-20,25H,2,7-9,14-18H2,1H3,(H,29,34)(H,32,33)/t19?,20-/m0/s1. The van der Waals surface area contributed by atoms with Crippen LogP contribution in [0.5, 0.6) is 0 Å². The number of ether oxygens (including phenoxy) is 1. The molecule has 0 bridgehead atoms. The van der Waals surface area contributed by atoms with E-state index in [0.717, 1.165) is 36.8 Å². The summed E-state index contributed by atoms with van der Waals surface area (Å²) < 4.78 is 5.61. The van der Waals surface area contributed by atoms with Gasteiger partial charge in [-0.25, -0.2) is 4.79 Å². The summed E-state index contributed by atoms with van der Waals surface area (Å²) in [4.78, 5) is 38.4. The SMILES string of the molecule is CCC(CNC(=O)OCC1c2ccccc2-c2ccccc21)CC(=O)N1CCCC[C@H]1CC(=O)O. The van der Waals surface area contributed by atoms with Crippen molar-refractivity contribution in [2.75, 3.05) is 19.7 Å². The number of carbonyl (C=O) groups is 3. The van der Waals surface area contributed by atoms with Crippen molar-refractivity contribution >= 4 is 18.0 Å². The molecule has 2 aromatic rings. The summed E-state index contributed by atoms with van der Waals surface area (Å²) >= 11 is 0. The average Bonchev–Trinajstić information content (AvgIpc) is 3.18. The van der Waals surface area contributed by atoms with E-state index in [0.29, 0.717) is 13.1 Å². The fourth-order valence-corrected chi connectivity index (χ4v) is 5.34. The molecule has 2 N–H and O–H groups in total. The Morgan fingerprint density at radius 2 is 1.71 bits per heavy atom. The zero-order valence-corrected chi connectivity index (χ0v) is 20.2. The molecule has 1 aliphatic heterocycles. The molecule has 1 fully saturated rings. The molecule has 1 aliphatic carbocycles. The first kappa shape index (κ1) is 24.8. The second kappa shape index (κ2) is 11.4. The maximum absolute atomic E-state index is 12.9. The summed E-state index contributed by atoms with van der Waals surface area (Å²) in [5.41, 5.74) is 4.69. The first-order valence-corrected chi connectivity index (χ1v) is 12.6. The van der Waals surface area contributed by atoms with Crippen LogP contribution in [0.25, 0.3) is 11.1 Å². The van der Waals surface area contributed by atoms with E-state index in [4.69, 9.17) is 4.74 Å². The number of hydrogen-bond acceptors (Lipinski definition) is 4. The Morgan fingerprint density at radius 3 is 2.34 bits per heavy atom. The number of rotatable bonds is 9. The Kier molecular flexibility index (Phi) is 8.06. The Morgan fingerprint density at radius 1 is 1.06 bits per heavy atom. The van der Waals surface area contributed by atoms with Gasteiger partial charge in [0.15, 0.2) is 0 Å². The summed E-state index contributed by atoms with van der Waals surface area (Å²) in [5, 5.41) is 12.0. The highest BCUT2D eigenvalue weighted by Gasteiger charge is 2.31. The zero-order chi connectivity index (χ0) is 24.8. The number of piperidine rings is 1. The fraction of sp³-hybridized carbons (Fsp3) is 0.464. The number of carboxylic acids is 1. The van der Waals surface area contributed by atoms with E-state index >= 15 is 0 Å². The van der Waals surface area contributed by atoms with Gasteiger partial charge in [-0.3, -0.25) is 9.59 Å². The number of amides is 2. The third kappa shape index (κ3) is 5.84. The topological polar surface area (TPSA) is 95.9 Å². The molecule has 0 aromatic heterocycles. The van der Waals surface area contributed by atoms with E-state index in [1.54, 1.807) is 4.90 Å². The van der Waals surface area contributed by atoms with Crippen molar-refractivity contribution < 1.29 is 24.2 Å². The van der Waals surface area contributed by atoms with Gasteiger partial charge in [0.1, 0.15) is 6.61 Å². The van der Waals surface area contributed by atoms with Crippen LogP contribution in [0.15, 0.2) is 48.5 Å². The monoisotopic (exact) mass is 478 g/mol. The van der Waals surface area contributed by atoms with Gasteiger partial charge in [-0.15, -0.1) is 0 Å². The van der Waals surface area contributed by atoms with Gasteiger partial charge in [0.25, 0.3) is 0 Å². The summed E-state index contributed by atoms with van der Waals surface area (Å²) in [6, 6.07) is 16.2. The molecule has 1 heterocycles. The van der Waals surface area contributed by atoms with E-state index in [-0.39, 0.29) is 43.2 Å². The lowest BCUT2D eigenvalue weighted by Gasteiger charge is -2.36. The van der Waals surface area contributed by atoms with E-state index in [9.17, 15) is 19.5 Å². The van der Waals surface area contributed by atoms with Crippen LogP contribution >= 0.6 is 0 Å². The van der Waals surface area contributed by atoms with Crippen LogP contribution in [0.3, 0.4) is 0 Å². The highest BCUT2D eigenvalue weighted by molar-refractivity contribution is 5.79. The minimum atomic E-state index is -0.876. The van der Waals surface area contributed by atoms with Gasteiger partial charge in [-0.2, -0.15) is 0 Å². The second-order valence-electron chi connectivity index (χ2n) is 9.52. The predicted molar refractivity (Wildman–Crippen MR) is 133 cm³/mol. The summed E-state index contributed by atoms with van der Waals surface area (Å²) in [6.45, 7) is 3.19. The van der Waals surface area contributed by atoms with Crippen LogP contribution in [-0.2, 0) is 14.3 Å². The van der Waals surface area contributed by atoms with Crippen LogP contribution in [0, 0.1) is 5.92 Å². The first-order valence-electron chi connectivity index (χ1n) is 12.6. The third-order valence-corrected chi connectivity index (χ3v) is 7.28. The summed E-state index contributed by atoms with van der Waals surface area (Å²) in [7, 11) is 0. The van der Waals surface area contributed by atoms with Crippen molar-refractivity contribution in [1.29, 1.82) is 0 Å². The highest BCUT2D eigenvalue weighted by atomic mass is 16.5. The summed E-state index contributed by atoms with van der Waals surface area (Å²) in [5.74, 6) is -0.937. The van der Waals surface area contributed by atoms with Gasteiger partial charge in [0.05, 0.1) is 6.42 Å². The molecule has 0 spiro atoms. The van der Waals surface area contributed by atoms with E-state index in [1.807, 2.05) is 31.2 Å². The van der Waals surface area contributed by atoms with Crippen molar-refractivity contribution in [3.8, 4) is 11.1 Å². The lowest BCUT2D eigenvalue weighted by Crippen LogP contribution is -2.45. The number of fused-ring (bicyclic) bond motifs is 3. The van der Waals surface area contributed by atoms with Crippen molar-refractivity contribution in [1.82, 2.24) is 10.2 Å². The van der Waals surface area contributed by atoms with Gasteiger partial charge in [-0.1, -0.05) is 61.9 Å². The van der Waals surface area contributed by atoms with E-state index < -0.39 is 12.1 Å². The van der Waals surface area contributed by atoms with Crippen molar-refractivity contribution in [3.63, 3.8) is 0 Å². The number of carboxylic acid groups (broad SMARTS) is 1. The molecule has 1 unspecified atom stereocenters. The van der Waals surface area contributed by atoms with Crippen molar-refractivity contribution in [2.45, 2.75) is 57.4 Å². The molecule has 2 aromatic carbocycles.